The second-order valence-electron chi connectivity index (χ2n) is 6.14. The quantitative estimate of drug-likeness (QED) is 0.860. The summed E-state index contributed by atoms with van der Waals surface area (Å²) in [6.45, 7) is 7.44. The Bertz CT molecular complexity index is 741. The van der Waals surface area contributed by atoms with Crippen LogP contribution in [0.15, 0.2) is 24.3 Å². The molecule has 1 heterocycles. The maximum Gasteiger partial charge on any atom is 0.270 e. The van der Waals surface area contributed by atoms with E-state index in [-0.39, 0.29) is 17.1 Å². The highest BCUT2D eigenvalue weighted by Gasteiger charge is 2.17. The first-order valence-electron chi connectivity index (χ1n) is 7.04. The summed E-state index contributed by atoms with van der Waals surface area (Å²) in [5, 5.41) is 6.99. The lowest BCUT2D eigenvalue weighted by Crippen LogP contribution is -2.41. The fraction of sp³-hybridized carbons (Fsp3) is 0.312. The van der Waals surface area contributed by atoms with Crippen LogP contribution < -0.4 is 10.6 Å². The van der Waals surface area contributed by atoms with Gasteiger partial charge >= 0.3 is 0 Å². The zero-order valence-corrected chi connectivity index (χ0v) is 14.9. The van der Waals surface area contributed by atoms with Gasteiger partial charge in [-0.1, -0.05) is 23.2 Å². The van der Waals surface area contributed by atoms with Crippen molar-refractivity contribution < 1.29 is 4.79 Å². The summed E-state index contributed by atoms with van der Waals surface area (Å²) >= 11 is 12.1. The van der Waals surface area contributed by atoms with E-state index >= 15 is 0 Å². The number of aromatic nitrogens is 2. The molecule has 5 nitrogen and oxygen atoms in total. The fourth-order valence-electron chi connectivity index (χ4n) is 1.88. The standard InChI is InChI=1S/C16H18Cl2N4O/c1-9-19-13(15(23)22-16(2,3)4)8-14(20-9)21-12-7-10(17)5-6-11(12)18/h5-8H,1-4H3,(H,22,23)(H,19,20,21). The monoisotopic (exact) mass is 352 g/mol. The van der Waals surface area contributed by atoms with Crippen molar-refractivity contribution in [3.63, 3.8) is 0 Å². The Hall–Kier alpha value is -1.85. The molecule has 0 atom stereocenters. The molecule has 2 aromatic rings. The van der Waals surface area contributed by atoms with E-state index < -0.39 is 0 Å². The molecule has 2 rings (SSSR count). The first-order chi connectivity index (χ1) is 10.6. The van der Waals surface area contributed by atoms with Crippen LogP contribution in [-0.4, -0.2) is 21.4 Å². The molecule has 0 spiro atoms. The first-order valence-corrected chi connectivity index (χ1v) is 7.80. The zero-order chi connectivity index (χ0) is 17.2. The van der Waals surface area contributed by atoms with Crippen molar-refractivity contribution in [3.05, 3.63) is 45.8 Å². The van der Waals surface area contributed by atoms with Gasteiger partial charge in [0.25, 0.3) is 5.91 Å². The minimum Gasteiger partial charge on any atom is -0.346 e. The van der Waals surface area contributed by atoms with Gasteiger partial charge in [-0.25, -0.2) is 9.97 Å². The summed E-state index contributed by atoms with van der Waals surface area (Å²) in [7, 11) is 0. The molecule has 7 heteroatoms. The van der Waals surface area contributed by atoms with E-state index in [1.54, 1.807) is 31.2 Å². The molecule has 0 aliphatic heterocycles. The maximum absolute atomic E-state index is 12.3. The summed E-state index contributed by atoms with van der Waals surface area (Å²) in [6.07, 6.45) is 0. The fourth-order valence-corrected chi connectivity index (χ4v) is 2.22. The Balaban J connectivity index is 2.30. The lowest BCUT2D eigenvalue weighted by atomic mass is 10.1. The third-order valence-corrected chi connectivity index (χ3v) is 3.31. The number of amides is 1. The van der Waals surface area contributed by atoms with E-state index in [1.165, 1.54) is 0 Å². The second-order valence-corrected chi connectivity index (χ2v) is 6.98. The van der Waals surface area contributed by atoms with Gasteiger partial charge in [0.15, 0.2) is 0 Å². The topological polar surface area (TPSA) is 66.9 Å². The Morgan fingerprint density at radius 1 is 1.13 bits per heavy atom. The minimum atomic E-state index is -0.347. The largest absolute Gasteiger partial charge is 0.346 e. The van der Waals surface area contributed by atoms with Crippen LogP contribution in [0.5, 0.6) is 0 Å². The molecule has 0 saturated carbocycles. The summed E-state index contributed by atoms with van der Waals surface area (Å²) in [6, 6.07) is 6.65. The Morgan fingerprint density at radius 2 is 1.83 bits per heavy atom. The molecule has 1 aromatic carbocycles. The average molecular weight is 353 g/mol. The first kappa shape index (κ1) is 17.5. The van der Waals surface area contributed by atoms with Crippen LogP contribution in [-0.2, 0) is 0 Å². The number of aryl methyl sites for hydroxylation is 1. The summed E-state index contributed by atoms with van der Waals surface area (Å²) in [4.78, 5) is 20.7. The minimum absolute atomic E-state index is 0.261. The molecule has 0 aliphatic carbocycles. The number of anilines is 2. The highest BCUT2D eigenvalue weighted by Crippen LogP contribution is 2.28. The number of nitrogens with one attached hydrogen (secondary N) is 2. The predicted molar refractivity (Wildman–Crippen MR) is 93.7 cm³/mol. The number of hydrogen-bond acceptors (Lipinski definition) is 4. The number of benzene rings is 1. The molecule has 2 N–H and O–H groups in total. The molecular formula is C16H18Cl2N4O. The molecule has 0 radical (unpaired) electrons. The number of halogens is 2. The lowest BCUT2D eigenvalue weighted by Gasteiger charge is -2.20. The van der Waals surface area contributed by atoms with Gasteiger partial charge in [0.2, 0.25) is 0 Å². The van der Waals surface area contributed by atoms with Crippen molar-refractivity contribution in [2.75, 3.05) is 5.32 Å². The van der Waals surface area contributed by atoms with Crippen LogP contribution in [0, 0.1) is 6.92 Å². The molecule has 23 heavy (non-hydrogen) atoms. The van der Waals surface area contributed by atoms with Crippen LogP contribution in [0.3, 0.4) is 0 Å². The van der Waals surface area contributed by atoms with Crippen molar-refractivity contribution in [2.45, 2.75) is 33.2 Å². The molecule has 0 unspecified atom stereocenters. The van der Waals surface area contributed by atoms with Gasteiger partial charge in [-0.05, 0) is 45.9 Å². The van der Waals surface area contributed by atoms with Crippen molar-refractivity contribution in [3.8, 4) is 0 Å². The van der Waals surface area contributed by atoms with E-state index in [1.807, 2.05) is 20.8 Å². The number of carbonyl (C=O) groups is 1. The van der Waals surface area contributed by atoms with Gasteiger partial charge in [0.1, 0.15) is 17.3 Å². The smallest absolute Gasteiger partial charge is 0.270 e. The normalized spacial score (nSPS) is 11.2. The highest BCUT2D eigenvalue weighted by molar-refractivity contribution is 6.35. The molecule has 1 amide bonds. The molecular weight excluding hydrogens is 335 g/mol. The van der Waals surface area contributed by atoms with E-state index in [0.29, 0.717) is 27.4 Å². The molecule has 0 saturated heterocycles. The molecule has 122 valence electrons. The van der Waals surface area contributed by atoms with Crippen molar-refractivity contribution >= 4 is 40.6 Å². The van der Waals surface area contributed by atoms with E-state index in [9.17, 15) is 4.79 Å². The average Bonchev–Trinajstić information content (AvgIpc) is 2.40. The van der Waals surface area contributed by atoms with Crippen LogP contribution in [0.2, 0.25) is 10.0 Å². The zero-order valence-electron chi connectivity index (χ0n) is 13.4. The van der Waals surface area contributed by atoms with E-state index in [4.69, 9.17) is 23.2 Å². The van der Waals surface area contributed by atoms with Crippen LogP contribution in [0.1, 0.15) is 37.1 Å². The van der Waals surface area contributed by atoms with E-state index in [2.05, 4.69) is 20.6 Å². The van der Waals surface area contributed by atoms with Gasteiger partial charge in [-0.3, -0.25) is 4.79 Å². The molecule has 1 aromatic heterocycles. The highest BCUT2D eigenvalue weighted by atomic mass is 35.5. The number of nitrogens with zero attached hydrogens (tertiary/aromatic N) is 2. The van der Waals surface area contributed by atoms with Gasteiger partial charge in [-0.15, -0.1) is 0 Å². The van der Waals surface area contributed by atoms with Gasteiger partial charge in [-0.2, -0.15) is 0 Å². The summed E-state index contributed by atoms with van der Waals surface area (Å²) < 4.78 is 0. The molecule has 0 aliphatic rings. The van der Waals surface area contributed by atoms with Crippen LogP contribution >= 0.6 is 23.2 Å². The SMILES string of the molecule is Cc1nc(Nc2cc(Cl)ccc2Cl)cc(C(=O)NC(C)(C)C)n1. The van der Waals surface area contributed by atoms with Crippen LogP contribution in [0.25, 0.3) is 0 Å². The number of rotatable bonds is 3. The molecule has 0 bridgehead atoms. The second kappa shape index (κ2) is 6.72. The lowest BCUT2D eigenvalue weighted by molar-refractivity contribution is 0.0914. The van der Waals surface area contributed by atoms with E-state index in [0.717, 1.165) is 0 Å². The third kappa shape index (κ3) is 5.08. The van der Waals surface area contributed by atoms with Crippen molar-refractivity contribution in [1.82, 2.24) is 15.3 Å². The Kier molecular flexibility index (Phi) is 5.12. The number of carbonyl (C=O) groups excluding carboxylic acids is 1. The Labute approximate surface area is 145 Å². The summed E-state index contributed by atoms with van der Waals surface area (Å²) in [5.74, 6) is 0.691. The summed E-state index contributed by atoms with van der Waals surface area (Å²) in [5.41, 5.74) is 0.548. The predicted octanol–water partition coefficient (Wildman–Crippen LogP) is 4.36. The molecule has 0 fully saturated rings. The van der Waals surface area contributed by atoms with Gasteiger partial charge < -0.3 is 10.6 Å². The third-order valence-electron chi connectivity index (χ3n) is 2.75. The van der Waals surface area contributed by atoms with Crippen LogP contribution in [0.4, 0.5) is 11.5 Å². The van der Waals surface area contributed by atoms with Crippen molar-refractivity contribution in [2.24, 2.45) is 0 Å². The van der Waals surface area contributed by atoms with Crippen molar-refractivity contribution in [1.29, 1.82) is 0 Å². The van der Waals surface area contributed by atoms with Gasteiger partial charge in [0.05, 0.1) is 10.7 Å². The number of hydrogen-bond donors (Lipinski definition) is 2. The van der Waals surface area contributed by atoms with Gasteiger partial charge in [0, 0.05) is 16.6 Å². The maximum atomic E-state index is 12.3. The Morgan fingerprint density at radius 3 is 2.48 bits per heavy atom.